The van der Waals surface area contributed by atoms with E-state index in [1.165, 1.54) is 6.42 Å². The van der Waals surface area contributed by atoms with E-state index in [1.807, 2.05) is 37.3 Å². The zero-order chi connectivity index (χ0) is 13.3. The second-order valence-corrected chi connectivity index (χ2v) is 5.42. The first kappa shape index (κ1) is 12.7. The molecule has 1 unspecified atom stereocenters. The van der Waals surface area contributed by atoms with Crippen LogP contribution in [0.5, 0.6) is 0 Å². The van der Waals surface area contributed by atoms with Crippen molar-refractivity contribution in [3.05, 3.63) is 35.9 Å². The number of benzene rings is 1. The monoisotopic (exact) mass is 260 g/mol. The van der Waals surface area contributed by atoms with Gasteiger partial charge in [0.2, 0.25) is 5.60 Å². The fourth-order valence-corrected chi connectivity index (χ4v) is 3.42. The largest absolute Gasteiger partial charge is 0.464 e. The van der Waals surface area contributed by atoms with Crippen molar-refractivity contribution in [2.75, 3.05) is 6.61 Å². The number of epoxide rings is 1. The molecule has 1 saturated carbocycles. The van der Waals surface area contributed by atoms with Crippen LogP contribution in [-0.2, 0) is 19.9 Å². The van der Waals surface area contributed by atoms with Crippen LogP contribution in [0.25, 0.3) is 0 Å². The Balaban J connectivity index is 1.97. The lowest BCUT2D eigenvalue weighted by molar-refractivity contribution is -0.150. The summed E-state index contributed by atoms with van der Waals surface area (Å²) in [5.41, 5.74) is -0.209. The molecule has 1 aromatic carbocycles. The number of ether oxygens (including phenoxy) is 2. The van der Waals surface area contributed by atoms with Crippen LogP contribution in [0.4, 0.5) is 0 Å². The second kappa shape index (κ2) is 4.64. The Morgan fingerprint density at radius 3 is 2.53 bits per heavy atom. The Morgan fingerprint density at radius 1 is 1.21 bits per heavy atom. The third kappa shape index (κ3) is 1.79. The molecule has 1 atom stereocenters. The van der Waals surface area contributed by atoms with Crippen molar-refractivity contribution in [2.24, 2.45) is 0 Å². The van der Waals surface area contributed by atoms with Crippen LogP contribution in [0, 0.1) is 0 Å². The number of esters is 1. The molecule has 2 fully saturated rings. The van der Waals surface area contributed by atoms with Gasteiger partial charge in [-0.2, -0.15) is 0 Å². The van der Waals surface area contributed by atoms with Crippen molar-refractivity contribution in [1.82, 2.24) is 0 Å². The van der Waals surface area contributed by atoms with E-state index in [-0.39, 0.29) is 11.6 Å². The van der Waals surface area contributed by atoms with Gasteiger partial charge in [0.05, 0.1) is 6.61 Å². The fourth-order valence-electron chi connectivity index (χ4n) is 3.42. The highest BCUT2D eigenvalue weighted by Crippen LogP contribution is 2.63. The first-order chi connectivity index (χ1) is 9.25. The van der Waals surface area contributed by atoms with Crippen molar-refractivity contribution in [3.8, 4) is 0 Å². The summed E-state index contributed by atoms with van der Waals surface area (Å²) >= 11 is 0. The number of carbonyl (C=O) groups is 1. The average molecular weight is 260 g/mol. The highest BCUT2D eigenvalue weighted by molar-refractivity contribution is 5.86. The molecule has 1 saturated heterocycles. The molecule has 1 heterocycles. The topological polar surface area (TPSA) is 38.8 Å². The molecule has 0 amide bonds. The smallest absolute Gasteiger partial charge is 0.346 e. The lowest BCUT2D eigenvalue weighted by Crippen LogP contribution is -2.35. The van der Waals surface area contributed by atoms with Gasteiger partial charge in [-0.3, -0.25) is 0 Å². The summed E-state index contributed by atoms with van der Waals surface area (Å²) in [6.07, 6.45) is 5.42. The van der Waals surface area contributed by atoms with Crippen LogP contribution < -0.4 is 0 Å². The zero-order valence-electron chi connectivity index (χ0n) is 11.4. The Kier molecular flexibility index (Phi) is 3.09. The van der Waals surface area contributed by atoms with Gasteiger partial charge in [-0.25, -0.2) is 4.79 Å². The maximum absolute atomic E-state index is 12.5. The van der Waals surface area contributed by atoms with Crippen molar-refractivity contribution in [3.63, 3.8) is 0 Å². The van der Waals surface area contributed by atoms with E-state index in [0.29, 0.717) is 6.61 Å². The quantitative estimate of drug-likeness (QED) is 0.619. The van der Waals surface area contributed by atoms with E-state index in [2.05, 4.69) is 0 Å². The van der Waals surface area contributed by atoms with Crippen LogP contribution in [0.2, 0.25) is 0 Å². The normalized spacial score (nSPS) is 28.1. The van der Waals surface area contributed by atoms with E-state index in [0.717, 1.165) is 31.2 Å². The minimum atomic E-state index is -0.843. The molecule has 0 aromatic heterocycles. The van der Waals surface area contributed by atoms with Crippen molar-refractivity contribution >= 4 is 5.97 Å². The van der Waals surface area contributed by atoms with Crippen LogP contribution in [0.1, 0.15) is 44.6 Å². The molecule has 2 aliphatic rings. The predicted octanol–water partition coefficient (Wildman–Crippen LogP) is 3.18. The second-order valence-electron chi connectivity index (χ2n) is 5.42. The molecule has 0 radical (unpaired) electrons. The third-order valence-electron chi connectivity index (χ3n) is 4.35. The van der Waals surface area contributed by atoms with Crippen LogP contribution in [0.15, 0.2) is 30.3 Å². The maximum Gasteiger partial charge on any atom is 0.346 e. The van der Waals surface area contributed by atoms with Gasteiger partial charge in [-0.1, -0.05) is 49.6 Å². The third-order valence-corrected chi connectivity index (χ3v) is 4.35. The number of hydrogen-bond acceptors (Lipinski definition) is 3. The summed E-state index contributed by atoms with van der Waals surface area (Å²) in [6, 6.07) is 9.81. The lowest BCUT2D eigenvalue weighted by Gasteiger charge is -2.22. The highest BCUT2D eigenvalue weighted by Gasteiger charge is 2.75. The summed E-state index contributed by atoms with van der Waals surface area (Å²) in [4.78, 5) is 12.5. The first-order valence-electron chi connectivity index (χ1n) is 7.18. The molecule has 19 heavy (non-hydrogen) atoms. The molecule has 3 nitrogen and oxygen atoms in total. The van der Waals surface area contributed by atoms with Crippen molar-refractivity contribution in [1.29, 1.82) is 0 Å². The Labute approximate surface area is 113 Å². The average Bonchev–Trinajstić information content (AvgIpc) is 3.10. The zero-order valence-corrected chi connectivity index (χ0v) is 11.4. The lowest BCUT2D eigenvalue weighted by atomic mass is 9.77. The minimum Gasteiger partial charge on any atom is -0.464 e. The standard InChI is InChI=1S/C16H20O3/c1-2-18-14(17)16(13-9-5-3-6-10-13)15(19-16)11-7-4-8-12-15/h3,5-6,9-10H,2,4,7-8,11-12H2,1H3. The first-order valence-corrected chi connectivity index (χ1v) is 7.18. The van der Waals surface area contributed by atoms with E-state index in [9.17, 15) is 4.79 Å². The SMILES string of the molecule is CCOC(=O)C1(c2ccccc2)OC12CCCCC2. The fraction of sp³-hybridized carbons (Fsp3) is 0.562. The van der Waals surface area contributed by atoms with Gasteiger partial charge >= 0.3 is 5.97 Å². The molecule has 1 spiro atoms. The Hall–Kier alpha value is -1.35. The molecule has 1 aliphatic carbocycles. The molecular weight excluding hydrogens is 240 g/mol. The van der Waals surface area contributed by atoms with E-state index < -0.39 is 5.60 Å². The van der Waals surface area contributed by atoms with Gasteiger partial charge < -0.3 is 9.47 Å². The highest BCUT2D eigenvalue weighted by atomic mass is 16.7. The predicted molar refractivity (Wildman–Crippen MR) is 71.7 cm³/mol. The molecule has 0 N–H and O–H groups in total. The summed E-state index contributed by atoms with van der Waals surface area (Å²) in [7, 11) is 0. The van der Waals surface area contributed by atoms with E-state index >= 15 is 0 Å². The van der Waals surface area contributed by atoms with Gasteiger partial charge in [0.15, 0.2) is 0 Å². The number of rotatable bonds is 3. The van der Waals surface area contributed by atoms with Gasteiger partial charge in [-0.15, -0.1) is 0 Å². The molecule has 3 rings (SSSR count). The van der Waals surface area contributed by atoms with E-state index in [4.69, 9.17) is 9.47 Å². The molecule has 0 bridgehead atoms. The number of carbonyl (C=O) groups excluding carboxylic acids is 1. The van der Waals surface area contributed by atoms with Crippen LogP contribution >= 0.6 is 0 Å². The van der Waals surface area contributed by atoms with Crippen molar-refractivity contribution in [2.45, 2.75) is 50.2 Å². The molecule has 102 valence electrons. The molecular formula is C16H20O3. The molecule has 3 heteroatoms. The molecule has 1 aliphatic heterocycles. The summed E-state index contributed by atoms with van der Waals surface area (Å²) in [6.45, 7) is 2.24. The summed E-state index contributed by atoms with van der Waals surface area (Å²) < 4.78 is 11.3. The van der Waals surface area contributed by atoms with Gasteiger partial charge in [0.1, 0.15) is 5.60 Å². The van der Waals surface area contributed by atoms with Gasteiger partial charge in [-0.05, 0) is 25.3 Å². The Morgan fingerprint density at radius 2 is 1.89 bits per heavy atom. The summed E-state index contributed by atoms with van der Waals surface area (Å²) in [5, 5.41) is 0. The molecule has 1 aromatic rings. The van der Waals surface area contributed by atoms with E-state index in [1.54, 1.807) is 0 Å². The van der Waals surface area contributed by atoms with Gasteiger partial charge in [0.25, 0.3) is 0 Å². The minimum absolute atomic E-state index is 0.219. The van der Waals surface area contributed by atoms with Crippen molar-refractivity contribution < 1.29 is 14.3 Å². The van der Waals surface area contributed by atoms with Crippen LogP contribution in [0.3, 0.4) is 0 Å². The summed E-state index contributed by atoms with van der Waals surface area (Å²) in [5.74, 6) is -0.219. The van der Waals surface area contributed by atoms with Crippen LogP contribution in [-0.4, -0.2) is 18.2 Å². The van der Waals surface area contributed by atoms with Gasteiger partial charge in [0, 0.05) is 0 Å². The maximum atomic E-state index is 12.5. The Bertz CT molecular complexity index is 462. The number of hydrogen-bond donors (Lipinski definition) is 0.